The number of rotatable bonds is 3. The fourth-order valence-corrected chi connectivity index (χ4v) is 2.70. The molecule has 23 heavy (non-hydrogen) atoms. The molecular formula is C16H13Cl2N3O2. The van der Waals surface area contributed by atoms with Crippen molar-refractivity contribution in [2.24, 2.45) is 5.16 Å². The van der Waals surface area contributed by atoms with Gasteiger partial charge in [0.05, 0.1) is 15.7 Å². The predicted octanol–water partition coefficient (Wildman–Crippen LogP) is 4.03. The number of hydrogen-bond acceptors (Lipinski definition) is 4. The maximum atomic E-state index is 12.3. The van der Waals surface area contributed by atoms with Crippen LogP contribution < -0.4 is 11.1 Å². The molecule has 1 aliphatic heterocycles. The summed E-state index contributed by atoms with van der Waals surface area (Å²) >= 11 is 11.9. The lowest BCUT2D eigenvalue weighted by molar-refractivity contribution is -0.110. The van der Waals surface area contributed by atoms with E-state index in [9.17, 15) is 4.79 Å². The molecule has 5 nitrogen and oxygen atoms in total. The highest BCUT2D eigenvalue weighted by atomic mass is 35.5. The van der Waals surface area contributed by atoms with Gasteiger partial charge in [0.15, 0.2) is 6.10 Å². The summed E-state index contributed by atoms with van der Waals surface area (Å²) in [5, 5.41) is 7.11. The highest BCUT2D eigenvalue weighted by Gasteiger charge is 2.27. The summed E-state index contributed by atoms with van der Waals surface area (Å²) in [6.07, 6.45) is 0.141. The number of anilines is 2. The van der Waals surface area contributed by atoms with Crippen molar-refractivity contribution < 1.29 is 9.63 Å². The monoisotopic (exact) mass is 349 g/mol. The quantitative estimate of drug-likeness (QED) is 0.821. The zero-order chi connectivity index (χ0) is 16.4. The number of carbonyl (C=O) groups is 1. The Bertz CT molecular complexity index is 755. The molecule has 1 amide bonds. The normalized spacial score (nSPS) is 16.6. The standard InChI is InChI=1S/C16H13Cl2N3O2/c17-11-6-10(7-12(18)15(11)19)20-16(22)13-8-14(23-21-13)9-4-2-1-3-5-9/h1-7,14H,8,19H2,(H,20,22). The molecule has 1 atom stereocenters. The molecule has 0 saturated carbocycles. The van der Waals surface area contributed by atoms with E-state index >= 15 is 0 Å². The first-order valence-corrected chi connectivity index (χ1v) is 7.63. The maximum Gasteiger partial charge on any atom is 0.273 e. The lowest BCUT2D eigenvalue weighted by Crippen LogP contribution is -2.21. The van der Waals surface area contributed by atoms with Gasteiger partial charge in [-0.25, -0.2) is 0 Å². The van der Waals surface area contributed by atoms with Gasteiger partial charge in [-0.1, -0.05) is 58.7 Å². The molecule has 2 aromatic rings. The van der Waals surface area contributed by atoms with Crippen LogP contribution >= 0.6 is 23.2 Å². The molecule has 0 saturated heterocycles. The van der Waals surface area contributed by atoms with Crippen molar-refractivity contribution in [1.29, 1.82) is 0 Å². The zero-order valence-electron chi connectivity index (χ0n) is 11.9. The fraction of sp³-hybridized carbons (Fsp3) is 0.125. The van der Waals surface area contributed by atoms with Crippen LogP contribution in [0.25, 0.3) is 0 Å². The molecule has 0 aliphatic carbocycles. The predicted molar refractivity (Wildman–Crippen MR) is 91.8 cm³/mol. The Morgan fingerprint density at radius 1 is 1.22 bits per heavy atom. The van der Waals surface area contributed by atoms with Crippen molar-refractivity contribution in [1.82, 2.24) is 0 Å². The first-order valence-electron chi connectivity index (χ1n) is 6.88. The first kappa shape index (κ1) is 15.6. The molecule has 0 fully saturated rings. The van der Waals surface area contributed by atoms with Gasteiger partial charge in [0.25, 0.3) is 5.91 Å². The van der Waals surface area contributed by atoms with Crippen LogP contribution in [0, 0.1) is 0 Å². The summed E-state index contributed by atoms with van der Waals surface area (Å²) in [5.41, 5.74) is 7.67. The highest BCUT2D eigenvalue weighted by Crippen LogP contribution is 2.32. The average molecular weight is 350 g/mol. The second-order valence-electron chi connectivity index (χ2n) is 5.05. The Hall–Kier alpha value is -2.24. The Balaban J connectivity index is 1.68. The summed E-state index contributed by atoms with van der Waals surface area (Å²) in [5.74, 6) is -0.361. The van der Waals surface area contributed by atoms with Gasteiger partial charge < -0.3 is 15.9 Å². The molecule has 7 heteroatoms. The molecule has 1 unspecified atom stereocenters. The van der Waals surface area contributed by atoms with Gasteiger partial charge in [-0.3, -0.25) is 4.79 Å². The zero-order valence-corrected chi connectivity index (χ0v) is 13.4. The Labute approximate surface area is 143 Å². The van der Waals surface area contributed by atoms with E-state index in [0.29, 0.717) is 17.8 Å². The number of nitrogen functional groups attached to an aromatic ring is 1. The maximum absolute atomic E-state index is 12.3. The molecule has 0 spiro atoms. The minimum atomic E-state index is -0.361. The third-order valence-electron chi connectivity index (χ3n) is 3.44. The van der Waals surface area contributed by atoms with E-state index in [1.807, 2.05) is 30.3 Å². The number of oxime groups is 1. The number of amides is 1. The van der Waals surface area contributed by atoms with Crippen LogP contribution in [0.3, 0.4) is 0 Å². The number of carbonyl (C=O) groups excluding carboxylic acids is 1. The van der Waals surface area contributed by atoms with E-state index in [0.717, 1.165) is 5.56 Å². The number of nitrogens with zero attached hydrogens (tertiary/aromatic N) is 1. The van der Waals surface area contributed by atoms with Crippen molar-refractivity contribution in [3.8, 4) is 0 Å². The summed E-state index contributed by atoms with van der Waals surface area (Å²) < 4.78 is 0. The van der Waals surface area contributed by atoms with E-state index in [-0.39, 0.29) is 27.7 Å². The highest BCUT2D eigenvalue weighted by molar-refractivity contribution is 6.44. The number of nitrogens with two attached hydrogens (primary N) is 1. The van der Waals surface area contributed by atoms with Crippen molar-refractivity contribution in [3.05, 3.63) is 58.1 Å². The first-order chi connectivity index (χ1) is 11.0. The van der Waals surface area contributed by atoms with E-state index < -0.39 is 0 Å². The van der Waals surface area contributed by atoms with E-state index in [1.54, 1.807) is 0 Å². The van der Waals surface area contributed by atoms with Crippen LogP contribution in [-0.2, 0) is 9.63 Å². The molecule has 0 bridgehead atoms. The van der Waals surface area contributed by atoms with Crippen LogP contribution in [0.15, 0.2) is 47.6 Å². The van der Waals surface area contributed by atoms with Gasteiger partial charge in [0.2, 0.25) is 0 Å². The molecule has 1 heterocycles. The Kier molecular flexibility index (Phi) is 4.41. The van der Waals surface area contributed by atoms with Crippen LogP contribution in [0.1, 0.15) is 18.1 Å². The third kappa shape index (κ3) is 3.41. The molecular weight excluding hydrogens is 337 g/mol. The van der Waals surface area contributed by atoms with Crippen molar-refractivity contribution in [3.63, 3.8) is 0 Å². The van der Waals surface area contributed by atoms with Gasteiger partial charge in [0, 0.05) is 12.1 Å². The lowest BCUT2D eigenvalue weighted by atomic mass is 10.0. The molecule has 118 valence electrons. The minimum absolute atomic E-state index is 0.254. The van der Waals surface area contributed by atoms with Gasteiger partial charge in [-0.15, -0.1) is 0 Å². The van der Waals surface area contributed by atoms with Crippen molar-refractivity contribution >= 4 is 46.2 Å². The van der Waals surface area contributed by atoms with E-state index in [4.69, 9.17) is 33.8 Å². The van der Waals surface area contributed by atoms with Crippen LogP contribution in [-0.4, -0.2) is 11.6 Å². The van der Waals surface area contributed by atoms with Crippen LogP contribution in [0.4, 0.5) is 11.4 Å². The van der Waals surface area contributed by atoms with E-state index in [1.165, 1.54) is 12.1 Å². The van der Waals surface area contributed by atoms with Gasteiger partial charge in [-0.05, 0) is 17.7 Å². The summed E-state index contributed by atoms with van der Waals surface area (Å²) in [7, 11) is 0. The van der Waals surface area contributed by atoms with Crippen molar-refractivity contribution in [2.45, 2.75) is 12.5 Å². The third-order valence-corrected chi connectivity index (χ3v) is 4.06. The number of halogens is 2. The second kappa shape index (κ2) is 6.48. The van der Waals surface area contributed by atoms with Gasteiger partial charge >= 0.3 is 0 Å². The largest absolute Gasteiger partial charge is 0.396 e. The molecule has 3 rings (SSSR count). The van der Waals surface area contributed by atoms with E-state index in [2.05, 4.69) is 10.5 Å². The summed E-state index contributed by atoms with van der Waals surface area (Å²) in [6.45, 7) is 0. The average Bonchev–Trinajstić information content (AvgIpc) is 3.03. The van der Waals surface area contributed by atoms with Crippen LogP contribution in [0.5, 0.6) is 0 Å². The molecule has 1 aliphatic rings. The Morgan fingerprint density at radius 3 is 2.52 bits per heavy atom. The summed E-state index contributed by atoms with van der Waals surface area (Å²) in [6, 6.07) is 12.7. The molecule has 0 radical (unpaired) electrons. The topological polar surface area (TPSA) is 76.7 Å². The van der Waals surface area contributed by atoms with Gasteiger partial charge in [-0.2, -0.15) is 0 Å². The minimum Gasteiger partial charge on any atom is -0.396 e. The smallest absolute Gasteiger partial charge is 0.273 e. The Morgan fingerprint density at radius 2 is 1.87 bits per heavy atom. The second-order valence-corrected chi connectivity index (χ2v) is 5.87. The summed E-state index contributed by atoms with van der Waals surface area (Å²) in [4.78, 5) is 17.6. The number of nitrogens with one attached hydrogen (secondary N) is 1. The molecule has 0 aromatic heterocycles. The molecule has 3 N–H and O–H groups in total. The van der Waals surface area contributed by atoms with Crippen LogP contribution in [0.2, 0.25) is 10.0 Å². The molecule has 2 aromatic carbocycles. The lowest BCUT2D eigenvalue weighted by Gasteiger charge is -2.09. The number of benzene rings is 2. The fourth-order valence-electron chi connectivity index (χ4n) is 2.22. The van der Waals surface area contributed by atoms with Gasteiger partial charge in [0.1, 0.15) is 5.71 Å². The SMILES string of the molecule is Nc1c(Cl)cc(NC(=O)C2=NOC(c3ccccc3)C2)cc1Cl. The number of hydrogen-bond donors (Lipinski definition) is 2. The van der Waals surface area contributed by atoms with Crippen molar-refractivity contribution in [2.75, 3.05) is 11.1 Å².